The summed E-state index contributed by atoms with van der Waals surface area (Å²) in [5.74, 6) is 0.652. The van der Waals surface area contributed by atoms with Crippen LogP contribution in [0.5, 0.6) is 0 Å². The molecular weight excluding hydrogens is 1040 g/mol. The fraction of sp³-hybridized carbons (Fsp3) is 0. The summed E-state index contributed by atoms with van der Waals surface area (Å²) < 4.78 is 32.6. The molecule has 9 aromatic heterocycles. The summed E-state index contributed by atoms with van der Waals surface area (Å²) in [7, 11) is 0. The van der Waals surface area contributed by atoms with E-state index in [1.54, 1.807) is 25.1 Å². The van der Waals surface area contributed by atoms with Gasteiger partial charge in [0.2, 0.25) is 0 Å². The average molecular weight is 1080 g/mol. The highest BCUT2D eigenvalue weighted by Crippen LogP contribution is 2.38. The number of furan rings is 4. The lowest BCUT2D eigenvalue weighted by molar-refractivity contribution is 0.616. The molecule has 0 amide bonds. The van der Waals surface area contributed by atoms with Crippen LogP contribution in [0.2, 0.25) is 0 Å². The largest absolute Gasteiger partial charge is 0.464 e. The maximum Gasteiger partial charge on any atom is 0.160 e. The van der Waals surface area contributed by atoms with Gasteiger partial charge in [-0.25, -0.2) is 9.97 Å². The molecule has 0 fully saturated rings. The van der Waals surface area contributed by atoms with Crippen LogP contribution < -0.4 is 0 Å². The van der Waals surface area contributed by atoms with Crippen LogP contribution >= 0.6 is 0 Å². The molecule has 18 rings (SSSR count). The molecule has 0 saturated heterocycles. The van der Waals surface area contributed by atoms with Gasteiger partial charge < -0.3 is 35.9 Å². The Bertz CT molecular complexity index is 5040. The highest BCUT2D eigenvalue weighted by Gasteiger charge is 2.18. The van der Waals surface area contributed by atoms with Crippen molar-refractivity contribution in [1.82, 2.24) is 28.2 Å². The van der Waals surface area contributed by atoms with E-state index < -0.39 is 0 Å². The van der Waals surface area contributed by atoms with Crippen LogP contribution in [0.25, 0.3) is 166 Å². The Labute approximate surface area is 478 Å². The summed E-state index contributed by atoms with van der Waals surface area (Å²) in [6, 6.07) is 77.3. The minimum absolute atomic E-state index is 0.652. The Morgan fingerprint density at radius 3 is 0.893 bits per heavy atom. The minimum atomic E-state index is 0.652. The maximum atomic E-state index is 5.89. The van der Waals surface area contributed by atoms with Crippen molar-refractivity contribution in [3.8, 4) is 78.9 Å². The van der Waals surface area contributed by atoms with Crippen molar-refractivity contribution in [1.29, 1.82) is 0 Å². The number of nitrogens with zero attached hydrogens (tertiary/aromatic N) is 6. The van der Waals surface area contributed by atoms with E-state index in [1.165, 1.54) is 0 Å². The first-order valence-electron chi connectivity index (χ1n) is 27.9. The molecule has 0 atom stereocenters. The summed E-state index contributed by atoms with van der Waals surface area (Å²) in [6.45, 7) is 0. The first-order chi connectivity index (χ1) is 41.5. The second kappa shape index (κ2) is 17.9. The van der Waals surface area contributed by atoms with Gasteiger partial charge in [-0.05, 0) is 138 Å². The van der Waals surface area contributed by atoms with Gasteiger partial charge in [0.1, 0.15) is 22.3 Å². The fourth-order valence-electron chi connectivity index (χ4n) is 12.5. The van der Waals surface area contributed by atoms with E-state index in [0.717, 1.165) is 161 Å². The van der Waals surface area contributed by atoms with Crippen LogP contribution in [0.4, 0.5) is 0 Å². The van der Waals surface area contributed by atoms with E-state index in [-0.39, 0.29) is 0 Å². The van der Waals surface area contributed by atoms with Gasteiger partial charge in [0.05, 0.1) is 58.5 Å². The Kier molecular flexibility index (Phi) is 9.86. The van der Waals surface area contributed by atoms with Crippen molar-refractivity contribution in [3.63, 3.8) is 0 Å². The highest BCUT2D eigenvalue weighted by atomic mass is 16.3. The van der Waals surface area contributed by atoms with E-state index >= 15 is 0 Å². The van der Waals surface area contributed by atoms with E-state index in [0.29, 0.717) is 5.82 Å². The second-order valence-electron chi connectivity index (χ2n) is 21.7. The Hall–Kier alpha value is -11.6. The van der Waals surface area contributed by atoms with Gasteiger partial charge in [-0.3, -0.25) is 0 Å². The lowest BCUT2D eigenvalue weighted by Gasteiger charge is -2.15. The van der Waals surface area contributed by atoms with Crippen molar-refractivity contribution in [3.05, 3.63) is 268 Å². The van der Waals surface area contributed by atoms with Gasteiger partial charge in [-0.15, -0.1) is 0 Å². The molecule has 10 heteroatoms. The number of hydrogen-bond acceptors (Lipinski definition) is 6. The standard InChI is InChI=1S/C74H44N6O4/c1-2-4-49(5-3-1)74-75-64(47-10-6-45(7-11-47)58-34-60(77-22-14-50-30-54-18-26-81-70(54)41-66(50)77)38-61(35-58)78-23-15-51-31-55-19-27-82-71(55)42-67(51)78)40-65(76-74)48-12-8-46(9-13-48)59-36-62(79-24-16-52-32-56-20-28-83-72(56)43-68(52)79)39-63(37-59)80-25-17-53-33-57-21-29-84-73(57)44-69(53)80/h1-44H. The Morgan fingerprint density at radius 1 is 0.238 bits per heavy atom. The van der Waals surface area contributed by atoms with Crippen molar-refractivity contribution >= 4 is 87.5 Å². The zero-order valence-electron chi connectivity index (χ0n) is 44.7. The molecule has 9 heterocycles. The van der Waals surface area contributed by atoms with Crippen LogP contribution in [-0.4, -0.2) is 28.2 Å². The topological polar surface area (TPSA) is 98.1 Å². The van der Waals surface area contributed by atoms with E-state index in [4.69, 9.17) is 27.6 Å². The molecule has 9 aromatic carbocycles. The molecule has 0 aliphatic heterocycles. The number of aromatic nitrogens is 6. The van der Waals surface area contributed by atoms with E-state index in [2.05, 4.69) is 219 Å². The normalized spacial score (nSPS) is 12.0. The summed E-state index contributed by atoms with van der Waals surface area (Å²) in [5, 5.41) is 8.86. The molecule has 0 bridgehead atoms. The molecule has 0 unspecified atom stereocenters. The van der Waals surface area contributed by atoms with Crippen molar-refractivity contribution in [2.75, 3.05) is 0 Å². The molecule has 18 aromatic rings. The summed E-state index contributed by atoms with van der Waals surface area (Å²) in [4.78, 5) is 10.5. The third kappa shape index (κ3) is 7.51. The van der Waals surface area contributed by atoms with Crippen LogP contribution in [0.1, 0.15) is 0 Å². The first kappa shape index (κ1) is 46.2. The SMILES string of the molecule is c1ccc(-c2nc(-c3ccc(-c4cc(-n5ccc6cc7ccoc7cc65)cc(-n5ccc6cc7ccoc7cc65)c4)cc3)cc(-c3ccc(-c4cc(-n5ccc6cc7ccoc7cc65)cc(-n5ccc6cc7ccoc7cc65)c4)cc3)n2)cc1. The van der Waals surface area contributed by atoms with Gasteiger partial charge in [0.25, 0.3) is 0 Å². The van der Waals surface area contributed by atoms with Crippen LogP contribution in [-0.2, 0) is 0 Å². The van der Waals surface area contributed by atoms with Gasteiger partial charge in [0.15, 0.2) is 5.82 Å². The lowest BCUT2D eigenvalue weighted by Crippen LogP contribution is -1.99. The predicted octanol–water partition coefficient (Wildman–Crippen LogP) is 19.6. The molecule has 394 valence electrons. The maximum absolute atomic E-state index is 5.89. The first-order valence-corrected chi connectivity index (χ1v) is 27.9. The molecule has 0 spiro atoms. The zero-order valence-corrected chi connectivity index (χ0v) is 44.7. The fourth-order valence-corrected chi connectivity index (χ4v) is 12.5. The van der Waals surface area contributed by atoms with Gasteiger partial charge in [0, 0.05) is 132 Å². The third-order valence-electron chi connectivity index (χ3n) is 16.8. The molecule has 0 radical (unpaired) electrons. The summed E-state index contributed by atoms with van der Waals surface area (Å²) in [6.07, 6.45) is 15.6. The zero-order chi connectivity index (χ0) is 55.0. The van der Waals surface area contributed by atoms with E-state index in [1.807, 2.05) is 42.5 Å². The van der Waals surface area contributed by atoms with Crippen molar-refractivity contribution in [2.24, 2.45) is 0 Å². The summed E-state index contributed by atoms with van der Waals surface area (Å²) >= 11 is 0. The molecule has 0 aliphatic carbocycles. The van der Waals surface area contributed by atoms with Crippen molar-refractivity contribution < 1.29 is 17.7 Å². The molecular formula is C74H44N6O4. The quantitative estimate of drug-likeness (QED) is 0.143. The lowest BCUT2D eigenvalue weighted by atomic mass is 9.99. The average Bonchev–Trinajstić information content (AvgIpc) is 2.89. The van der Waals surface area contributed by atoms with Crippen molar-refractivity contribution in [2.45, 2.75) is 0 Å². The Morgan fingerprint density at radius 2 is 0.560 bits per heavy atom. The molecule has 0 saturated carbocycles. The molecule has 10 nitrogen and oxygen atoms in total. The molecule has 0 N–H and O–H groups in total. The van der Waals surface area contributed by atoms with Gasteiger partial charge in [-0.2, -0.15) is 0 Å². The molecule has 0 aliphatic rings. The number of hydrogen-bond donors (Lipinski definition) is 0. The van der Waals surface area contributed by atoms with Crippen LogP contribution in [0.15, 0.2) is 286 Å². The molecule has 84 heavy (non-hydrogen) atoms. The van der Waals surface area contributed by atoms with Crippen LogP contribution in [0.3, 0.4) is 0 Å². The predicted molar refractivity (Wildman–Crippen MR) is 336 cm³/mol. The highest BCUT2D eigenvalue weighted by molar-refractivity contribution is 5.99. The monoisotopic (exact) mass is 1080 g/mol. The number of rotatable bonds is 9. The smallest absolute Gasteiger partial charge is 0.160 e. The minimum Gasteiger partial charge on any atom is -0.464 e. The second-order valence-corrected chi connectivity index (χ2v) is 21.7. The van der Waals surface area contributed by atoms with E-state index in [9.17, 15) is 0 Å². The Balaban J connectivity index is 0.730. The third-order valence-corrected chi connectivity index (χ3v) is 16.8. The number of fused-ring (bicyclic) bond motifs is 8. The van der Waals surface area contributed by atoms with Gasteiger partial charge in [-0.1, -0.05) is 78.9 Å². The summed E-state index contributed by atoms with van der Waals surface area (Å²) in [5.41, 5.74) is 20.6. The van der Waals surface area contributed by atoms with Crippen LogP contribution in [0, 0.1) is 0 Å². The van der Waals surface area contributed by atoms with Gasteiger partial charge >= 0.3 is 0 Å². The number of benzene rings is 9.